The Morgan fingerprint density at radius 2 is 1.72 bits per heavy atom. The zero-order valence-corrected chi connectivity index (χ0v) is 18.5. The van der Waals surface area contributed by atoms with Gasteiger partial charge in [-0.1, -0.05) is 55.3 Å². The van der Waals surface area contributed by atoms with E-state index in [1.54, 1.807) is 4.90 Å². The smallest absolute Gasteiger partial charge is 0.254 e. The summed E-state index contributed by atoms with van der Waals surface area (Å²) in [6.45, 7) is 2.72. The van der Waals surface area contributed by atoms with E-state index in [9.17, 15) is 18.8 Å². The molecule has 2 aromatic carbocycles. The number of unbranched alkanes of at least 4 members (excludes halogenated alkanes) is 1. The number of aromatic nitrogens is 1. The molecule has 0 saturated carbocycles. The van der Waals surface area contributed by atoms with Gasteiger partial charge in [-0.2, -0.15) is 0 Å². The van der Waals surface area contributed by atoms with Gasteiger partial charge in [-0.3, -0.25) is 19.0 Å². The highest BCUT2D eigenvalue weighted by Crippen LogP contribution is 2.21. The molecule has 0 radical (unpaired) electrons. The summed E-state index contributed by atoms with van der Waals surface area (Å²) in [4.78, 5) is 41.4. The number of ketones is 1. The number of pyridine rings is 1. The minimum absolute atomic E-state index is 0.131. The minimum Gasteiger partial charge on any atom is -0.336 e. The molecule has 1 unspecified atom stereocenters. The standard InChI is InChI=1S/C25H24ClFN2O3/c1-2-3-15-28(16-18-7-5-4-6-8-18)25(32)23(29-17-20(26)11-14-22(29)30)24(31)19-9-12-21(27)13-10-19/h4-14,17,23H,2-3,15-16H2,1H3. The van der Waals surface area contributed by atoms with Gasteiger partial charge in [0.05, 0.1) is 5.02 Å². The molecular formula is C25H24ClFN2O3. The van der Waals surface area contributed by atoms with Crippen LogP contribution in [0, 0.1) is 5.82 Å². The highest BCUT2D eigenvalue weighted by Gasteiger charge is 2.33. The van der Waals surface area contributed by atoms with Crippen molar-refractivity contribution in [3.63, 3.8) is 0 Å². The van der Waals surface area contributed by atoms with E-state index in [1.165, 1.54) is 30.5 Å². The first kappa shape index (κ1) is 23.4. The van der Waals surface area contributed by atoms with E-state index in [0.29, 0.717) is 13.1 Å². The van der Waals surface area contributed by atoms with Crippen molar-refractivity contribution in [2.75, 3.05) is 6.54 Å². The number of benzene rings is 2. The number of carbonyl (C=O) groups is 2. The number of carbonyl (C=O) groups excluding carboxylic acids is 2. The van der Waals surface area contributed by atoms with E-state index in [4.69, 9.17) is 11.6 Å². The molecule has 0 saturated heterocycles. The maximum Gasteiger partial charge on any atom is 0.254 e. The molecule has 0 N–H and O–H groups in total. The number of nitrogens with zero attached hydrogens (tertiary/aromatic N) is 2. The molecule has 0 fully saturated rings. The van der Waals surface area contributed by atoms with Gasteiger partial charge in [-0.15, -0.1) is 0 Å². The molecule has 0 aliphatic carbocycles. The third-order valence-corrected chi connectivity index (χ3v) is 5.32. The summed E-state index contributed by atoms with van der Waals surface area (Å²) in [5.41, 5.74) is 0.508. The van der Waals surface area contributed by atoms with Gasteiger partial charge in [0.2, 0.25) is 0 Å². The Balaban J connectivity index is 2.05. The molecule has 0 aliphatic rings. The first-order chi connectivity index (χ1) is 15.4. The molecule has 1 heterocycles. The molecule has 3 aromatic rings. The predicted molar refractivity (Wildman–Crippen MR) is 122 cm³/mol. The van der Waals surface area contributed by atoms with Gasteiger partial charge in [0, 0.05) is 30.9 Å². The van der Waals surface area contributed by atoms with Gasteiger partial charge >= 0.3 is 0 Å². The molecule has 1 aromatic heterocycles. The summed E-state index contributed by atoms with van der Waals surface area (Å²) in [5.74, 6) is -1.62. The molecule has 7 heteroatoms. The molecule has 3 rings (SSSR count). The number of hydrogen-bond acceptors (Lipinski definition) is 3. The van der Waals surface area contributed by atoms with E-state index in [0.717, 1.165) is 35.1 Å². The van der Waals surface area contributed by atoms with E-state index in [-0.39, 0.29) is 10.6 Å². The Hall–Kier alpha value is -3.25. The Morgan fingerprint density at radius 1 is 1.03 bits per heavy atom. The fourth-order valence-electron chi connectivity index (χ4n) is 3.40. The van der Waals surface area contributed by atoms with Crippen LogP contribution in [0.2, 0.25) is 5.02 Å². The van der Waals surface area contributed by atoms with Crippen LogP contribution in [0.25, 0.3) is 0 Å². The van der Waals surface area contributed by atoms with Crippen molar-refractivity contribution in [3.8, 4) is 0 Å². The van der Waals surface area contributed by atoms with Crippen molar-refractivity contribution in [2.45, 2.75) is 32.4 Å². The van der Waals surface area contributed by atoms with Gasteiger partial charge in [0.1, 0.15) is 5.82 Å². The summed E-state index contributed by atoms with van der Waals surface area (Å²) in [7, 11) is 0. The van der Waals surface area contributed by atoms with Crippen LogP contribution < -0.4 is 5.56 Å². The van der Waals surface area contributed by atoms with Crippen molar-refractivity contribution >= 4 is 23.3 Å². The van der Waals surface area contributed by atoms with Crippen LogP contribution in [-0.2, 0) is 11.3 Å². The topological polar surface area (TPSA) is 59.4 Å². The zero-order valence-electron chi connectivity index (χ0n) is 17.7. The highest BCUT2D eigenvalue weighted by atomic mass is 35.5. The monoisotopic (exact) mass is 454 g/mol. The maximum atomic E-state index is 13.7. The number of Topliss-reactive ketones (excluding diaryl/α,β-unsaturated/α-hetero) is 1. The average molecular weight is 455 g/mol. The molecule has 0 aliphatic heterocycles. The lowest BCUT2D eigenvalue weighted by Gasteiger charge is -2.28. The van der Waals surface area contributed by atoms with Gasteiger partial charge in [0.15, 0.2) is 11.8 Å². The van der Waals surface area contributed by atoms with Crippen LogP contribution >= 0.6 is 11.6 Å². The number of amides is 1. The summed E-state index contributed by atoms with van der Waals surface area (Å²) in [6, 6.07) is 15.5. The second kappa shape index (κ2) is 10.9. The Labute approximate surface area is 191 Å². The van der Waals surface area contributed by atoms with Crippen molar-refractivity contribution < 1.29 is 14.0 Å². The lowest BCUT2D eigenvalue weighted by molar-refractivity contribution is -0.134. The Kier molecular flexibility index (Phi) is 7.95. The lowest BCUT2D eigenvalue weighted by atomic mass is 10.0. The van der Waals surface area contributed by atoms with Crippen LogP contribution in [0.5, 0.6) is 0 Å². The average Bonchev–Trinajstić information content (AvgIpc) is 2.80. The highest BCUT2D eigenvalue weighted by molar-refractivity contribution is 6.30. The number of halogens is 2. The van der Waals surface area contributed by atoms with Crippen LogP contribution in [0.1, 0.15) is 41.7 Å². The van der Waals surface area contributed by atoms with E-state index in [2.05, 4.69) is 0 Å². The molecule has 166 valence electrons. The van der Waals surface area contributed by atoms with Gasteiger partial charge in [0.25, 0.3) is 11.5 Å². The number of hydrogen-bond donors (Lipinski definition) is 0. The fraction of sp³-hybridized carbons (Fsp3) is 0.240. The number of rotatable bonds is 9. The Morgan fingerprint density at radius 3 is 2.38 bits per heavy atom. The second-order valence-corrected chi connectivity index (χ2v) is 7.90. The molecule has 0 spiro atoms. The van der Waals surface area contributed by atoms with Crippen LogP contribution in [0.3, 0.4) is 0 Å². The van der Waals surface area contributed by atoms with Gasteiger partial charge < -0.3 is 4.90 Å². The molecule has 0 bridgehead atoms. The fourth-order valence-corrected chi connectivity index (χ4v) is 3.57. The van der Waals surface area contributed by atoms with E-state index in [1.807, 2.05) is 37.3 Å². The molecule has 5 nitrogen and oxygen atoms in total. The lowest BCUT2D eigenvalue weighted by Crippen LogP contribution is -2.43. The zero-order chi connectivity index (χ0) is 23.1. The third kappa shape index (κ3) is 5.71. The first-order valence-corrected chi connectivity index (χ1v) is 10.8. The summed E-state index contributed by atoms with van der Waals surface area (Å²) in [5, 5.41) is 0.220. The minimum atomic E-state index is -1.45. The van der Waals surface area contributed by atoms with Crippen molar-refractivity contribution in [1.29, 1.82) is 0 Å². The van der Waals surface area contributed by atoms with E-state index >= 15 is 0 Å². The SMILES string of the molecule is CCCCN(Cc1ccccc1)C(=O)C(C(=O)c1ccc(F)cc1)n1cc(Cl)ccc1=O. The summed E-state index contributed by atoms with van der Waals surface area (Å²) < 4.78 is 14.5. The summed E-state index contributed by atoms with van der Waals surface area (Å²) >= 11 is 6.08. The molecule has 32 heavy (non-hydrogen) atoms. The third-order valence-electron chi connectivity index (χ3n) is 5.10. The largest absolute Gasteiger partial charge is 0.336 e. The molecular weight excluding hydrogens is 431 g/mol. The van der Waals surface area contributed by atoms with Crippen LogP contribution in [0.4, 0.5) is 4.39 Å². The quantitative estimate of drug-likeness (QED) is 0.341. The maximum absolute atomic E-state index is 13.7. The normalized spacial score (nSPS) is 11.7. The van der Waals surface area contributed by atoms with Crippen molar-refractivity contribution in [2.24, 2.45) is 0 Å². The van der Waals surface area contributed by atoms with Crippen molar-refractivity contribution in [3.05, 3.63) is 105 Å². The van der Waals surface area contributed by atoms with Crippen molar-refractivity contribution in [1.82, 2.24) is 9.47 Å². The molecule has 1 atom stereocenters. The van der Waals surface area contributed by atoms with Gasteiger partial charge in [-0.05, 0) is 42.3 Å². The van der Waals surface area contributed by atoms with Gasteiger partial charge in [-0.25, -0.2) is 4.39 Å². The second-order valence-electron chi connectivity index (χ2n) is 7.47. The van der Waals surface area contributed by atoms with Crippen LogP contribution in [0.15, 0.2) is 77.7 Å². The summed E-state index contributed by atoms with van der Waals surface area (Å²) in [6.07, 6.45) is 2.88. The first-order valence-electron chi connectivity index (χ1n) is 10.4. The van der Waals surface area contributed by atoms with E-state index < -0.39 is 29.1 Å². The van der Waals surface area contributed by atoms with Crippen LogP contribution in [-0.4, -0.2) is 27.7 Å². The molecule has 1 amide bonds. The Bertz CT molecular complexity index is 1130. The predicted octanol–water partition coefficient (Wildman–Crippen LogP) is 4.89.